The van der Waals surface area contributed by atoms with Crippen LogP contribution in [0.15, 0.2) is 0 Å². The Bertz CT molecular complexity index is 232. The molecule has 17 heavy (non-hydrogen) atoms. The average molecular weight is 252 g/mol. The molecule has 0 bridgehead atoms. The van der Waals surface area contributed by atoms with Crippen LogP contribution < -0.4 is 5.32 Å². The van der Waals surface area contributed by atoms with Crippen LogP contribution in [-0.4, -0.2) is 43.8 Å². The van der Waals surface area contributed by atoms with E-state index in [1.165, 1.54) is 0 Å². The Kier molecular flexibility index (Phi) is 4.84. The third-order valence-corrected chi connectivity index (χ3v) is 4.07. The maximum absolute atomic E-state index is 12.3. The van der Waals surface area contributed by atoms with Crippen molar-refractivity contribution in [2.24, 2.45) is 0 Å². The summed E-state index contributed by atoms with van der Waals surface area (Å²) in [6, 6.07) is -0.0818. The van der Waals surface area contributed by atoms with Crippen LogP contribution in [0.3, 0.4) is 0 Å². The predicted molar refractivity (Wildman–Crippen MR) is 63.0 cm³/mol. The second-order valence-electron chi connectivity index (χ2n) is 5.20. The summed E-state index contributed by atoms with van der Waals surface area (Å²) in [5.74, 6) is 0. The first-order valence-corrected chi connectivity index (χ1v) is 6.23. The van der Waals surface area contributed by atoms with Gasteiger partial charge in [-0.3, -0.25) is 0 Å². The fourth-order valence-corrected chi connectivity index (χ4v) is 3.08. The lowest BCUT2D eigenvalue weighted by atomic mass is 9.84. The van der Waals surface area contributed by atoms with Gasteiger partial charge >= 0.3 is 6.18 Å². The highest BCUT2D eigenvalue weighted by Crippen LogP contribution is 2.39. The lowest BCUT2D eigenvalue weighted by molar-refractivity contribution is -0.138. The lowest BCUT2D eigenvalue weighted by Gasteiger charge is -2.43. The highest BCUT2D eigenvalue weighted by Gasteiger charge is 2.43. The number of hydrogen-bond acceptors (Lipinski definition) is 2. The number of rotatable bonds is 5. The number of nitrogens with one attached hydrogen (secondary N) is 1. The average Bonchev–Trinajstić information content (AvgIpc) is 2.67. The maximum Gasteiger partial charge on any atom is 0.389 e. The van der Waals surface area contributed by atoms with Gasteiger partial charge in [-0.2, -0.15) is 13.2 Å². The highest BCUT2D eigenvalue weighted by molar-refractivity contribution is 5.01. The zero-order chi connectivity index (χ0) is 13.1. The zero-order valence-electron chi connectivity index (χ0n) is 10.9. The molecular formula is C12H23F3N2. The Labute approximate surface area is 102 Å². The molecule has 0 aliphatic heterocycles. The van der Waals surface area contributed by atoms with E-state index in [2.05, 4.69) is 10.2 Å². The third kappa shape index (κ3) is 3.58. The molecule has 0 radical (unpaired) electrons. The summed E-state index contributed by atoms with van der Waals surface area (Å²) in [5.41, 5.74) is -0.0972. The number of nitrogens with zero attached hydrogens (tertiary/aromatic N) is 1. The van der Waals surface area contributed by atoms with Crippen LogP contribution in [0.2, 0.25) is 0 Å². The van der Waals surface area contributed by atoms with Gasteiger partial charge in [0, 0.05) is 18.0 Å². The quantitative estimate of drug-likeness (QED) is 0.809. The van der Waals surface area contributed by atoms with Gasteiger partial charge < -0.3 is 10.2 Å². The Morgan fingerprint density at radius 3 is 2.12 bits per heavy atom. The minimum absolute atomic E-state index is 0.0818. The Morgan fingerprint density at radius 2 is 1.76 bits per heavy atom. The van der Waals surface area contributed by atoms with E-state index >= 15 is 0 Å². The molecule has 1 rings (SSSR count). The zero-order valence-corrected chi connectivity index (χ0v) is 10.9. The maximum atomic E-state index is 12.3. The molecule has 0 heterocycles. The van der Waals surface area contributed by atoms with Crippen molar-refractivity contribution >= 4 is 0 Å². The Morgan fingerprint density at radius 1 is 1.24 bits per heavy atom. The molecule has 2 nitrogen and oxygen atoms in total. The molecule has 0 saturated heterocycles. The summed E-state index contributed by atoms with van der Waals surface area (Å²) in [6.07, 6.45) is -0.384. The van der Waals surface area contributed by atoms with Crippen LogP contribution in [0.5, 0.6) is 0 Å². The van der Waals surface area contributed by atoms with Gasteiger partial charge in [-0.05, 0) is 40.4 Å². The molecule has 1 aliphatic carbocycles. The molecule has 0 aromatic carbocycles. The number of alkyl halides is 3. The van der Waals surface area contributed by atoms with Gasteiger partial charge in [-0.15, -0.1) is 0 Å². The second-order valence-corrected chi connectivity index (χ2v) is 5.20. The van der Waals surface area contributed by atoms with E-state index in [1.807, 2.05) is 14.1 Å². The molecule has 102 valence electrons. The molecule has 0 spiro atoms. The first-order valence-electron chi connectivity index (χ1n) is 6.23. The van der Waals surface area contributed by atoms with Crippen LogP contribution >= 0.6 is 0 Å². The van der Waals surface area contributed by atoms with Crippen molar-refractivity contribution < 1.29 is 13.2 Å². The van der Waals surface area contributed by atoms with E-state index in [-0.39, 0.29) is 18.0 Å². The number of hydrogen-bond donors (Lipinski definition) is 1. The van der Waals surface area contributed by atoms with Gasteiger partial charge in [0.2, 0.25) is 0 Å². The molecule has 5 heteroatoms. The minimum atomic E-state index is -4.05. The summed E-state index contributed by atoms with van der Waals surface area (Å²) in [7, 11) is 5.72. The standard InChI is InChI=1S/C12H23F3N2/c1-16-10(6-9-12(13,14)15)11(17(2)3)7-4-5-8-11/h10,16H,4-9H2,1-3H3. The van der Waals surface area contributed by atoms with Crippen LogP contribution in [0.4, 0.5) is 13.2 Å². The monoisotopic (exact) mass is 252 g/mol. The summed E-state index contributed by atoms with van der Waals surface area (Å²) < 4.78 is 37.0. The van der Waals surface area contributed by atoms with Crippen molar-refractivity contribution in [1.82, 2.24) is 10.2 Å². The van der Waals surface area contributed by atoms with E-state index in [4.69, 9.17) is 0 Å². The van der Waals surface area contributed by atoms with Gasteiger partial charge in [0.1, 0.15) is 0 Å². The van der Waals surface area contributed by atoms with Gasteiger partial charge in [-0.1, -0.05) is 12.8 Å². The largest absolute Gasteiger partial charge is 0.389 e. The summed E-state index contributed by atoms with van der Waals surface area (Å²) in [6.45, 7) is 0. The molecular weight excluding hydrogens is 229 g/mol. The fourth-order valence-electron chi connectivity index (χ4n) is 3.08. The van der Waals surface area contributed by atoms with Crippen molar-refractivity contribution in [2.45, 2.75) is 56.3 Å². The first kappa shape index (κ1) is 14.8. The van der Waals surface area contributed by atoms with Crippen molar-refractivity contribution in [3.8, 4) is 0 Å². The third-order valence-electron chi connectivity index (χ3n) is 4.07. The van der Waals surface area contributed by atoms with Gasteiger partial charge in [0.05, 0.1) is 0 Å². The van der Waals surface area contributed by atoms with E-state index in [1.54, 1.807) is 7.05 Å². The summed E-state index contributed by atoms with van der Waals surface area (Å²) in [4.78, 5) is 2.11. The van der Waals surface area contributed by atoms with Crippen LogP contribution in [0.1, 0.15) is 38.5 Å². The Hall–Kier alpha value is -0.290. The van der Waals surface area contributed by atoms with Gasteiger partial charge in [0.25, 0.3) is 0 Å². The van der Waals surface area contributed by atoms with Gasteiger partial charge in [0.15, 0.2) is 0 Å². The van der Waals surface area contributed by atoms with Crippen molar-refractivity contribution in [3.63, 3.8) is 0 Å². The topological polar surface area (TPSA) is 15.3 Å². The molecule has 1 aliphatic rings. The van der Waals surface area contributed by atoms with E-state index in [9.17, 15) is 13.2 Å². The first-order chi connectivity index (χ1) is 7.82. The molecule has 1 saturated carbocycles. The SMILES string of the molecule is CNC(CCC(F)(F)F)C1(N(C)C)CCCC1. The Balaban J connectivity index is 2.69. The molecule has 0 aromatic rings. The van der Waals surface area contributed by atoms with Crippen LogP contribution in [0, 0.1) is 0 Å². The molecule has 1 N–H and O–H groups in total. The number of likely N-dealkylation sites (N-methyl/N-ethyl adjacent to an activating group) is 2. The van der Waals surface area contributed by atoms with Crippen LogP contribution in [-0.2, 0) is 0 Å². The van der Waals surface area contributed by atoms with Crippen molar-refractivity contribution in [3.05, 3.63) is 0 Å². The predicted octanol–water partition coefficient (Wildman–Crippen LogP) is 2.79. The smallest absolute Gasteiger partial charge is 0.315 e. The van der Waals surface area contributed by atoms with Crippen molar-refractivity contribution in [2.75, 3.05) is 21.1 Å². The normalized spacial score (nSPS) is 22.1. The van der Waals surface area contributed by atoms with Crippen LogP contribution in [0.25, 0.3) is 0 Å². The molecule has 1 fully saturated rings. The molecule has 1 atom stereocenters. The van der Waals surface area contributed by atoms with E-state index < -0.39 is 12.6 Å². The van der Waals surface area contributed by atoms with E-state index in [0.717, 1.165) is 25.7 Å². The fraction of sp³-hybridized carbons (Fsp3) is 1.00. The lowest BCUT2D eigenvalue weighted by Crippen LogP contribution is -2.56. The molecule has 0 aromatic heterocycles. The summed E-state index contributed by atoms with van der Waals surface area (Å²) in [5, 5.41) is 3.10. The summed E-state index contributed by atoms with van der Waals surface area (Å²) >= 11 is 0. The van der Waals surface area contributed by atoms with E-state index in [0.29, 0.717) is 0 Å². The molecule has 1 unspecified atom stereocenters. The van der Waals surface area contributed by atoms with Gasteiger partial charge in [-0.25, -0.2) is 0 Å². The molecule has 0 amide bonds. The number of halogens is 3. The van der Waals surface area contributed by atoms with Crippen molar-refractivity contribution in [1.29, 1.82) is 0 Å². The second kappa shape index (κ2) is 5.57. The highest BCUT2D eigenvalue weighted by atomic mass is 19.4. The minimum Gasteiger partial charge on any atom is -0.315 e.